The van der Waals surface area contributed by atoms with Crippen molar-refractivity contribution in [3.8, 4) is 11.5 Å². The number of hydrogen-bond donors (Lipinski definition) is 2. The lowest BCUT2D eigenvalue weighted by Crippen LogP contribution is -2.44. The van der Waals surface area contributed by atoms with E-state index < -0.39 is 32.0 Å². The van der Waals surface area contributed by atoms with Crippen molar-refractivity contribution in [3.63, 3.8) is 0 Å². The molecule has 0 fully saturated rings. The number of ether oxygens (including phenoxy) is 2. The van der Waals surface area contributed by atoms with Crippen LogP contribution in [0.25, 0.3) is 0 Å². The predicted octanol–water partition coefficient (Wildman–Crippen LogP) is 1.08. The highest BCUT2D eigenvalue weighted by Crippen LogP contribution is 2.31. The van der Waals surface area contributed by atoms with E-state index in [0.717, 1.165) is 4.31 Å². The fourth-order valence-corrected chi connectivity index (χ4v) is 5.43. The molecular formula is C21H27N3O7S2. The molecule has 33 heavy (non-hydrogen) atoms. The van der Waals surface area contributed by atoms with E-state index in [1.54, 1.807) is 18.2 Å². The third-order valence-electron chi connectivity index (χ3n) is 4.94. The molecule has 0 spiro atoms. The second kappa shape index (κ2) is 10.1. The average molecular weight is 498 g/mol. The van der Waals surface area contributed by atoms with Crippen molar-refractivity contribution in [2.75, 3.05) is 27.3 Å². The number of sulfonamides is 2. The fourth-order valence-electron chi connectivity index (χ4n) is 3.10. The van der Waals surface area contributed by atoms with E-state index in [9.17, 15) is 21.6 Å². The van der Waals surface area contributed by atoms with Crippen LogP contribution in [0.1, 0.15) is 18.9 Å². The Hall–Kier alpha value is -2.67. The van der Waals surface area contributed by atoms with Crippen LogP contribution >= 0.6 is 0 Å². The Kier molecular flexibility index (Phi) is 7.62. The monoisotopic (exact) mass is 497 g/mol. The smallest absolute Gasteiger partial charge is 0.242 e. The standard InChI is InChI=1S/C21H27N3O7S2/c1-15(21(25)22-14-16-7-4-5-8-20(16)33(28,29)24(2)3)23-32(26,27)17-9-10-18-19(13-17)31-12-6-11-30-18/h4-5,7-10,13,15,23H,6,11-12,14H2,1-3H3,(H,22,25)/t15-/m0/s1. The second-order valence-electron chi connectivity index (χ2n) is 7.61. The maximum atomic E-state index is 12.8. The van der Waals surface area contributed by atoms with E-state index in [4.69, 9.17) is 9.47 Å². The zero-order valence-electron chi connectivity index (χ0n) is 18.6. The van der Waals surface area contributed by atoms with Gasteiger partial charge < -0.3 is 14.8 Å². The molecule has 3 rings (SSSR count). The molecule has 2 N–H and O–H groups in total. The minimum absolute atomic E-state index is 0.0613. The summed E-state index contributed by atoms with van der Waals surface area (Å²) in [6.07, 6.45) is 0.686. The highest BCUT2D eigenvalue weighted by Gasteiger charge is 2.25. The van der Waals surface area contributed by atoms with E-state index >= 15 is 0 Å². The fraction of sp³-hybridized carbons (Fsp3) is 0.381. The van der Waals surface area contributed by atoms with Crippen LogP contribution in [-0.2, 0) is 31.4 Å². The summed E-state index contributed by atoms with van der Waals surface area (Å²) >= 11 is 0. The Bertz CT molecular complexity index is 1230. The summed E-state index contributed by atoms with van der Waals surface area (Å²) in [6.45, 7) is 2.21. The number of nitrogens with one attached hydrogen (secondary N) is 2. The Morgan fingerprint density at radius 2 is 1.70 bits per heavy atom. The Morgan fingerprint density at radius 3 is 2.39 bits per heavy atom. The number of hydrogen-bond acceptors (Lipinski definition) is 7. The summed E-state index contributed by atoms with van der Waals surface area (Å²) in [7, 11) is -4.89. The van der Waals surface area contributed by atoms with Crippen LogP contribution in [-0.4, -0.2) is 60.4 Å². The van der Waals surface area contributed by atoms with Crippen molar-refractivity contribution in [1.82, 2.24) is 14.3 Å². The van der Waals surface area contributed by atoms with Crippen molar-refractivity contribution in [2.24, 2.45) is 0 Å². The molecule has 10 nitrogen and oxygen atoms in total. The molecular weight excluding hydrogens is 470 g/mol. The first kappa shape index (κ1) is 25.0. The zero-order valence-corrected chi connectivity index (χ0v) is 20.2. The normalized spacial score (nSPS) is 15.0. The minimum Gasteiger partial charge on any atom is -0.490 e. The highest BCUT2D eigenvalue weighted by atomic mass is 32.2. The van der Waals surface area contributed by atoms with Gasteiger partial charge in [0.15, 0.2) is 11.5 Å². The quantitative estimate of drug-likeness (QED) is 0.558. The van der Waals surface area contributed by atoms with E-state index in [0.29, 0.717) is 36.7 Å². The van der Waals surface area contributed by atoms with Crippen LogP contribution in [0.5, 0.6) is 11.5 Å². The first-order valence-electron chi connectivity index (χ1n) is 10.2. The molecule has 0 aromatic heterocycles. The predicted molar refractivity (Wildman–Crippen MR) is 121 cm³/mol. The number of nitrogens with zero attached hydrogens (tertiary/aromatic N) is 1. The van der Waals surface area contributed by atoms with E-state index in [-0.39, 0.29) is 16.3 Å². The van der Waals surface area contributed by atoms with Gasteiger partial charge in [0.2, 0.25) is 26.0 Å². The third kappa shape index (κ3) is 5.82. The van der Waals surface area contributed by atoms with Crippen molar-refractivity contribution in [1.29, 1.82) is 0 Å². The van der Waals surface area contributed by atoms with Gasteiger partial charge in [0.1, 0.15) is 0 Å². The number of rotatable bonds is 8. The van der Waals surface area contributed by atoms with Crippen molar-refractivity contribution in [2.45, 2.75) is 35.7 Å². The van der Waals surface area contributed by atoms with Gasteiger partial charge in [-0.05, 0) is 30.7 Å². The Morgan fingerprint density at radius 1 is 1.03 bits per heavy atom. The van der Waals surface area contributed by atoms with Gasteiger partial charge in [-0.1, -0.05) is 18.2 Å². The lowest BCUT2D eigenvalue weighted by atomic mass is 10.2. The molecule has 2 aromatic rings. The topological polar surface area (TPSA) is 131 Å². The van der Waals surface area contributed by atoms with Gasteiger partial charge >= 0.3 is 0 Å². The van der Waals surface area contributed by atoms with Crippen LogP contribution in [0.4, 0.5) is 0 Å². The van der Waals surface area contributed by atoms with Crippen molar-refractivity contribution in [3.05, 3.63) is 48.0 Å². The minimum atomic E-state index is -4.02. The molecule has 1 aliphatic heterocycles. The van der Waals surface area contributed by atoms with Crippen LogP contribution in [0.3, 0.4) is 0 Å². The molecule has 0 bridgehead atoms. The Balaban J connectivity index is 1.69. The van der Waals surface area contributed by atoms with Crippen LogP contribution in [0.15, 0.2) is 52.3 Å². The first-order chi connectivity index (χ1) is 15.5. The molecule has 1 heterocycles. The van der Waals surface area contributed by atoms with Gasteiger partial charge in [-0.2, -0.15) is 4.72 Å². The maximum Gasteiger partial charge on any atom is 0.242 e. The largest absolute Gasteiger partial charge is 0.490 e. The van der Waals surface area contributed by atoms with Crippen LogP contribution in [0, 0.1) is 0 Å². The van der Waals surface area contributed by atoms with E-state index in [2.05, 4.69) is 10.0 Å². The first-order valence-corrected chi connectivity index (χ1v) is 13.1. The summed E-state index contributed by atoms with van der Waals surface area (Å²) in [6, 6.07) is 9.43. The van der Waals surface area contributed by atoms with Crippen LogP contribution in [0.2, 0.25) is 0 Å². The SMILES string of the molecule is C[C@H](NS(=O)(=O)c1ccc2c(c1)OCCCO2)C(=O)NCc1ccccc1S(=O)(=O)N(C)C. The lowest BCUT2D eigenvalue weighted by Gasteiger charge is -2.17. The number of carbonyl (C=O) groups is 1. The number of carbonyl (C=O) groups excluding carboxylic acids is 1. The molecule has 180 valence electrons. The molecule has 0 aliphatic carbocycles. The molecule has 1 aliphatic rings. The van der Waals surface area contributed by atoms with Gasteiger partial charge in [-0.3, -0.25) is 4.79 Å². The van der Waals surface area contributed by atoms with E-state index in [1.165, 1.54) is 45.3 Å². The molecule has 0 radical (unpaired) electrons. The highest BCUT2D eigenvalue weighted by molar-refractivity contribution is 7.89. The van der Waals surface area contributed by atoms with Crippen molar-refractivity contribution >= 4 is 26.0 Å². The molecule has 2 aromatic carbocycles. The Labute approximate surface area is 194 Å². The maximum absolute atomic E-state index is 12.8. The molecule has 0 saturated heterocycles. The molecule has 12 heteroatoms. The van der Waals surface area contributed by atoms with Gasteiger partial charge in [0, 0.05) is 33.1 Å². The average Bonchev–Trinajstić information content (AvgIpc) is 3.02. The number of benzene rings is 2. The van der Waals surface area contributed by atoms with Gasteiger partial charge in [-0.25, -0.2) is 21.1 Å². The van der Waals surface area contributed by atoms with Gasteiger partial charge in [0.25, 0.3) is 0 Å². The molecule has 1 amide bonds. The summed E-state index contributed by atoms with van der Waals surface area (Å²) in [5, 5.41) is 2.59. The van der Waals surface area contributed by atoms with E-state index in [1.807, 2.05) is 0 Å². The lowest BCUT2D eigenvalue weighted by molar-refractivity contribution is -0.122. The van der Waals surface area contributed by atoms with Gasteiger partial charge in [0.05, 0.1) is 29.0 Å². The molecule has 1 atom stereocenters. The molecule has 0 unspecified atom stereocenters. The van der Waals surface area contributed by atoms with Crippen LogP contribution < -0.4 is 19.5 Å². The summed E-state index contributed by atoms with van der Waals surface area (Å²) in [5.41, 5.74) is 0.387. The summed E-state index contributed by atoms with van der Waals surface area (Å²) in [4.78, 5) is 12.6. The van der Waals surface area contributed by atoms with Crippen molar-refractivity contribution < 1.29 is 31.1 Å². The molecule has 0 saturated carbocycles. The number of amides is 1. The zero-order chi connectivity index (χ0) is 24.2. The second-order valence-corrected chi connectivity index (χ2v) is 11.4. The summed E-state index contributed by atoms with van der Waals surface area (Å²) < 4.78 is 65.0. The number of fused-ring (bicyclic) bond motifs is 1. The van der Waals surface area contributed by atoms with Gasteiger partial charge in [-0.15, -0.1) is 0 Å². The summed E-state index contributed by atoms with van der Waals surface area (Å²) in [5.74, 6) is 0.180. The third-order valence-corrected chi connectivity index (χ3v) is 8.39.